The maximum absolute atomic E-state index is 14.5. The van der Waals surface area contributed by atoms with Gasteiger partial charge in [0, 0.05) is 24.2 Å². The van der Waals surface area contributed by atoms with Crippen molar-refractivity contribution in [3.8, 4) is 6.07 Å². The molecule has 0 radical (unpaired) electrons. The number of benzene rings is 1. The number of hydrogen-bond acceptors (Lipinski definition) is 7. The van der Waals surface area contributed by atoms with E-state index in [0.717, 1.165) is 5.56 Å². The summed E-state index contributed by atoms with van der Waals surface area (Å²) >= 11 is 0. The number of aryl methyl sites for hydroxylation is 1. The number of rotatable bonds is 5. The minimum absolute atomic E-state index is 0.0000154. The molecule has 1 unspecified atom stereocenters. The summed E-state index contributed by atoms with van der Waals surface area (Å²) in [5.74, 6) is 0.385. The summed E-state index contributed by atoms with van der Waals surface area (Å²) in [6, 6.07) is 9.79. The molecule has 0 saturated carbocycles. The number of halogens is 1. The maximum atomic E-state index is 14.5. The first-order valence-electron chi connectivity index (χ1n) is 10.7. The lowest BCUT2D eigenvalue weighted by Crippen LogP contribution is -2.24. The standard InChI is InChI=1S/C24H24FN5O3S/c1-15(17-5-4-6-18(11-17)24(2,25)13-26)29-21-20-12-19(16-7-9-34(32,33)10-8-16)23(31)30(3)22(20)28-14-27-21/h4-7,11-12,14-15H,8-10H2,1-3H3,(H,27,28,29)/t15-,24?/m1/s1. The van der Waals surface area contributed by atoms with Crippen LogP contribution in [0.1, 0.15) is 43.0 Å². The largest absolute Gasteiger partial charge is 0.363 e. The van der Waals surface area contributed by atoms with E-state index < -0.39 is 15.5 Å². The molecule has 1 N–H and O–H groups in total. The first kappa shape index (κ1) is 23.6. The van der Waals surface area contributed by atoms with Crippen molar-refractivity contribution in [2.45, 2.75) is 32.0 Å². The number of fused-ring (bicyclic) bond motifs is 1. The SMILES string of the molecule is C[C@@H](Nc1ncnc2c1cc(C1=CCS(=O)(=O)CC1)c(=O)n2C)c1cccc(C(C)(F)C#N)c1. The lowest BCUT2D eigenvalue weighted by atomic mass is 9.95. The van der Waals surface area contributed by atoms with Gasteiger partial charge in [-0.2, -0.15) is 5.26 Å². The van der Waals surface area contributed by atoms with Gasteiger partial charge in [-0.15, -0.1) is 0 Å². The molecule has 3 heterocycles. The Labute approximate surface area is 196 Å². The number of allylic oxidation sites excluding steroid dienone is 1. The topological polar surface area (TPSA) is 118 Å². The minimum Gasteiger partial charge on any atom is -0.363 e. The van der Waals surface area contributed by atoms with E-state index in [9.17, 15) is 17.6 Å². The summed E-state index contributed by atoms with van der Waals surface area (Å²) in [6.45, 7) is 3.10. The Balaban J connectivity index is 1.75. The quantitative estimate of drug-likeness (QED) is 0.593. The maximum Gasteiger partial charge on any atom is 0.259 e. The molecule has 34 heavy (non-hydrogen) atoms. The van der Waals surface area contributed by atoms with Gasteiger partial charge in [-0.25, -0.2) is 22.8 Å². The molecule has 2 atom stereocenters. The molecule has 1 aromatic carbocycles. The van der Waals surface area contributed by atoms with Gasteiger partial charge in [-0.05, 0) is 43.5 Å². The number of sulfone groups is 1. The second-order valence-electron chi connectivity index (χ2n) is 8.58. The predicted octanol–water partition coefficient (Wildman–Crippen LogP) is 3.41. The fraction of sp³-hybridized carbons (Fsp3) is 0.333. The molecule has 1 aliphatic rings. The third-order valence-corrected chi connectivity index (χ3v) is 7.61. The fourth-order valence-corrected chi connectivity index (χ4v) is 5.14. The summed E-state index contributed by atoms with van der Waals surface area (Å²) < 4.78 is 39.5. The lowest BCUT2D eigenvalue weighted by molar-refractivity contribution is 0.274. The van der Waals surface area contributed by atoms with Crippen LogP contribution in [-0.4, -0.2) is 34.5 Å². The number of nitrogens with zero attached hydrogens (tertiary/aromatic N) is 4. The van der Waals surface area contributed by atoms with Gasteiger partial charge >= 0.3 is 0 Å². The number of nitrogens with one attached hydrogen (secondary N) is 1. The van der Waals surface area contributed by atoms with Gasteiger partial charge < -0.3 is 5.32 Å². The molecule has 0 saturated heterocycles. The Hall–Kier alpha value is -3.58. The molecule has 0 bridgehead atoms. The van der Waals surface area contributed by atoms with E-state index in [1.165, 1.54) is 17.8 Å². The third kappa shape index (κ3) is 4.43. The monoisotopic (exact) mass is 481 g/mol. The van der Waals surface area contributed by atoms with Crippen LogP contribution in [0.5, 0.6) is 0 Å². The van der Waals surface area contributed by atoms with E-state index in [0.29, 0.717) is 28.0 Å². The highest BCUT2D eigenvalue weighted by atomic mass is 32.2. The van der Waals surface area contributed by atoms with Crippen molar-refractivity contribution in [3.05, 3.63) is 69.8 Å². The smallest absolute Gasteiger partial charge is 0.259 e. The van der Waals surface area contributed by atoms with E-state index in [1.807, 2.05) is 13.0 Å². The number of hydrogen-bond donors (Lipinski definition) is 1. The first-order valence-corrected chi connectivity index (χ1v) is 12.6. The second-order valence-corrected chi connectivity index (χ2v) is 10.8. The zero-order chi connectivity index (χ0) is 24.7. The Morgan fingerprint density at radius 3 is 2.74 bits per heavy atom. The normalized spacial score (nSPS) is 17.9. The van der Waals surface area contributed by atoms with Gasteiger partial charge in [-0.3, -0.25) is 9.36 Å². The third-order valence-electron chi connectivity index (χ3n) is 6.11. The Morgan fingerprint density at radius 1 is 1.29 bits per heavy atom. The van der Waals surface area contributed by atoms with Crippen LogP contribution in [0.15, 0.2) is 47.5 Å². The number of nitriles is 1. The average Bonchev–Trinajstić information content (AvgIpc) is 2.82. The molecule has 4 rings (SSSR count). The van der Waals surface area contributed by atoms with Crippen LogP contribution in [0, 0.1) is 11.3 Å². The van der Waals surface area contributed by atoms with Crippen LogP contribution in [0.3, 0.4) is 0 Å². The minimum atomic E-state index is -3.13. The molecule has 3 aromatic rings. The highest BCUT2D eigenvalue weighted by Crippen LogP contribution is 2.30. The van der Waals surface area contributed by atoms with E-state index in [4.69, 9.17) is 5.26 Å². The molecule has 1 aliphatic heterocycles. The Bertz CT molecular complexity index is 1520. The highest BCUT2D eigenvalue weighted by Gasteiger charge is 2.26. The van der Waals surface area contributed by atoms with Crippen molar-refractivity contribution in [1.29, 1.82) is 5.26 Å². The lowest BCUT2D eigenvalue weighted by Gasteiger charge is -2.20. The zero-order valence-corrected chi connectivity index (χ0v) is 19.9. The van der Waals surface area contributed by atoms with E-state index in [-0.39, 0.29) is 35.1 Å². The fourth-order valence-electron chi connectivity index (χ4n) is 3.99. The molecule has 176 valence electrons. The van der Waals surface area contributed by atoms with Crippen LogP contribution < -0.4 is 10.9 Å². The second kappa shape index (κ2) is 8.65. The summed E-state index contributed by atoms with van der Waals surface area (Å²) in [7, 11) is -1.52. The molecule has 8 nitrogen and oxygen atoms in total. The molecule has 0 spiro atoms. The zero-order valence-electron chi connectivity index (χ0n) is 19.0. The summed E-state index contributed by atoms with van der Waals surface area (Å²) in [4.78, 5) is 21.6. The van der Waals surface area contributed by atoms with Crippen molar-refractivity contribution in [2.24, 2.45) is 7.05 Å². The summed E-state index contributed by atoms with van der Waals surface area (Å²) in [6.07, 6.45) is 3.22. The van der Waals surface area contributed by atoms with Crippen molar-refractivity contribution in [2.75, 3.05) is 16.8 Å². The van der Waals surface area contributed by atoms with Crippen molar-refractivity contribution < 1.29 is 12.8 Å². The molecule has 2 aromatic heterocycles. The van der Waals surface area contributed by atoms with Crippen LogP contribution >= 0.6 is 0 Å². The van der Waals surface area contributed by atoms with Crippen LogP contribution in [-0.2, 0) is 22.6 Å². The number of aromatic nitrogens is 3. The highest BCUT2D eigenvalue weighted by molar-refractivity contribution is 7.91. The van der Waals surface area contributed by atoms with Crippen molar-refractivity contribution in [3.63, 3.8) is 0 Å². The van der Waals surface area contributed by atoms with Gasteiger partial charge in [0.1, 0.15) is 23.9 Å². The summed E-state index contributed by atoms with van der Waals surface area (Å²) in [5, 5.41) is 13.0. The predicted molar refractivity (Wildman–Crippen MR) is 129 cm³/mol. The Morgan fingerprint density at radius 2 is 2.06 bits per heavy atom. The summed E-state index contributed by atoms with van der Waals surface area (Å²) in [5.41, 5.74) is 0.183. The van der Waals surface area contributed by atoms with Crippen LogP contribution in [0.25, 0.3) is 16.6 Å². The van der Waals surface area contributed by atoms with E-state index in [1.54, 1.807) is 43.5 Å². The molecule has 10 heteroatoms. The molecule has 0 aliphatic carbocycles. The van der Waals surface area contributed by atoms with Crippen LogP contribution in [0.2, 0.25) is 0 Å². The number of alkyl halides is 1. The molecule has 0 fully saturated rings. The van der Waals surface area contributed by atoms with Crippen molar-refractivity contribution in [1.82, 2.24) is 14.5 Å². The molecular formula is C24H24FN5O3S. The molecule has 0 amide bonds. The van der Waals surface area contributed by atoms with Gasteiger partial charge in [0.15, 0.2) is 9.84 Å². The number of anilines is 1. The number of pyridine rings is 1. The van der Waals surface area contributed by atoms with Gasteiger partial charge in [0.2, 0.25) is 5.67 Å². The van der Waals surface area contributed by atoms with Crippen LogP contribution in [0.4, 0.5) is 10.2 Å². The molecular weight excluding hydrogens is 457 g/mol. The Kier molecular flexibility index (Phi) is 6.00. The van der Waals surface area contributed by atoms with E-state index >= 15 is 0 Å². The van der Waals surface area contributed by atoms with Crippen molar-refractivity contribution >= 4 is 32.3 Å². The average molecular weight is 482 g/mol. The van der Waals surface area contributed by atoms with Gasteiger partial charge in [-0.1, -0.05) is 24.3 Å². The van der Waals surface area contributed by atoms with E-state index in [2.05, 4.69) is 15.3 Å². The van der Waals surface area contributed by atoms with Gasteiger partial charge in [0.05, 0.1) is 16.9 Å². The first-order chi connectivity index (χ1) is 16.0. The van der Waals surface area contributed by atoms with Gasteiger partial charge in [0.25, 0.3) is 5.56 Å².